The molecule has 0 fully saturated rings. The molecule has 1 aliphatic rings. The van der Waals surface area contributed by atoms with E-state index >= 15 is 0 Å². The number of hydrogen-bond donors (Lipinski definition) is 1. The predicted molar refractivity (Wildman–Crippen MR) is 75.2 cm³/mol. The van der Waals surface area contributed by atoms with Gasteiger partial charge in [0.25, 0.3) is 0 Å². The van der Waals surface area contributed by atoms with Crippen LogP contribution < -0.4 is 14.8 Å². The third-order valence-electron chi connectivity index (χ3n) is 3.94. The van der Waals surface area contributed by atoms with Gasteiger partial charge in [-0.2, -0.15) is 0 Å². The molecule has 0 radical (unpaired) electrons. The Labute approximate surface area is 119 Å². The average molecular weight is 279 g/mol. The molecule has 5 heteroatoms. The Hall–Kier alpha value is -1.75. The van der Waals surface area contributed by atoms with Gasteiger partial charge in [-0.3, -0.25) is 4.79 Å². The second-order valence-corrected chi connectivity index (χ2v) is 4.80. The molecule has 2 rings (SSSR count). The molecule has 0 aromatic heterocycles. The maximum absolute atomic E-state index is 11.9. The minimum Gasteiger partial charge on any atom is -0.493 e. The molecule has 20 heavy (non-hydrogen) atoms. The Balaban J connectivity index is 2.47. The summed E-state index contributed by atoms with van der Waals surface area (Å²) < 4.78 is 15.7. The quantitative estimate of drug-likeness (QED) is 0.850. The van der Waals surface area contributed by atoms with Crippen molar-refractivity contribution >= 4 is 5.97 Å². The Kier molecular flexibility index (Phi) is 4.49. The van der Waals surface area contributed by atoms with Crippen molar-refractivity contribution in [3.05, 3.63) is 23.3 Å². The van der Waals surface area contributed by atoms with Crippen LogP contribution in [0, 0.1) is 5.92 Å². The SMILES string of the molecule is CNC1c2ccc(OC)c(OC)c2CCC1C(=O)OC. The number of carbonyl (C=O) groups excluding carboxylic acids is 1. The highest BCUT2D eigenvalue weighted by Crippen LogP contribution is 2.43. The van der Waals surface area contributed by atoms with Crippen LogP contribution in [0.2, 0.25) is 0 Å². The summed E-state index contributed by atoms with van der Waals surface area (Å²) in [6, 6.07) is 3.81. The molecule has 0 amide bonds. The molecular weight excluding hydrogens is 258 g/mol. The van der Waals surface area contributed by atoms with Gasteiger partial charge in [0.05, 0.1) is 27.2 Å². The number of methoxy groups -OCH3 is 3. The smallest absolute Gasteiger partial charge is 0.310 e. The molecule has 1 aliphatic carbocycles. The highest BCUT2D eigenvalue weighted by Gasteiger charge is 2.36. The topological polar surface area (TPSA) is 56.8 Å². The summed E-state index contributed by atoms with van der Waals surface area (Å²) in [6.07, 6.45) is 1.50. The van der Waals surface area contributed by atoms with Gasteiger partial charge in [-0.15, -0.1) is 0 Å². The molecule has 0 saturated heterocycles. The molecule has 0 bridgehead atoms. The van der Waals surface area contributed by atoms with E-state index in [0.717, 1.165) is 35.5 Å². The van der Waals surface area contributed by atoms with Crippen molar-refractivity contribution in [3.63, 3.8) is 0 Å². The number of hydrogen-bond acceptors (Lipinski definition) is 5. The van der Waals surface area contributed by atoms with E-state index in [2.05, 4.69) is 5.32 Å². The molecule has 5 nitrogen and oxygen atoms in total. The summed E-state index contributed by atoms with van der Waals surface area (Å²) in [5.74, 6) is 1.13. The van der Waals surface area contributed by atoms with E-state index in [4.69, 9.17) is 14.2 Å². The number of benzene rings is 1. The van der Waals surface area contributed by atoms with Gasteiger partial charge in [-0.05, 0) is 31.5 Å². The van der Waals surface area contributed by atoms with E-state index in [1.807, 2.05) is 19.2 Å². The van der Waals surface area contributed by atoms with E-state index < -0.39 is 0 Å². The van der Waals surface area contributed by atoms with Crippen molar-refractivity contribution in [1.29, 1.82) is 0 Å². The fraction of sp³-hybridized carbons (Fsp3) is 0.533. The van der Waals surface area contributed by atoms with Crippen LogP contribution in [0.5, 0.6) is 11.5 Å². The molecule has 1 aromatic rings. The van der Waals surface area contributed by atoms with Crippen molar-refractivity contribution in [2.75, 3.05) is 28.4 Å². The largest absolute Gasteiger partial charge is 0.493 e. The zero-order valence-electron chi connectivity index (χ0n) is 12.4. The summed E-state index contributed by atoms with van der Waals surface area (Å²) in [5.41, 5.74) is 2.18. The highest BCUT2D eigenvalue weighted by molar-refractivity contribution is 5.74. The fourth-order valence-electron chi connectivity index (χ4n) is 3.00. The van der Waals surface area contributed by atoms with Crippen molar-refractivity contribution in [3.8, 4) is 11.5 Å². The van der Waals surface area contributed by atoms with Crippen LogP contribution in [0.4, 0.5) is 0 Å². The van der Waals surface area contributed by atoms with Crippen LogP contribution >= 0.6 is 0 Å². The zero-order valence-corrected chi connectivity index (χ0v) is 12.4. The molecule has 110 valence electrons. The van der Waals surface area contributed by atoms with E-state index in [0.29, 0.717) is 0 Å². The van der Waals surface area contributed by atoms with Crippen LogP contribution in [0.3, 0.4) is 0 Å². The van der Waals surface area contributed by atoms with E-state index in [1.54, 1.807) is 14.2 Å². The number of nitrogens with one attached hydrogen (secondary N) is 1. The first kappa shape index (κ1) is 14.7. The van der Waals surface area contributed by atoms with Gasteiger partial charge in [-0.1, -0.05) is 6.07 Å². The minimum absolute atomic E-state index is 0.0639. The Morgan fingerprint density at radius 2 is 2.00 bits per heavy atom. The minimum atomic E-state index is -0.176. The number of ether oxygens (including phenoxy) is 3. The van der Waals surface area contributed by atoms with Gasteiger partial charge >= 0.3 is 5.97 Å². The van der Waals surface area contributed by atoms with E-state index in [-0.39, 0.29) is 17.9 Å². The maximum atomic E-state index is 11.9. The predicted octanol–water partition coefficient (Wildman–Crippen LogP) is 1.70. The zero-order chi connectivity index (χ0) is 14.7. The van der Waals surface area contributed by atoms with Gasteiger partial charge in [0.1, 0.15) is 0 Å². The summed E-state index contributed by atoms with van der Waals surface area (Å²) in [7, 11) is 6.55. The van der Waals surface area contributed by atoms with Crippen LogP contribution in [0.1, 0.15) is 23.6 Å². The first-order chi connectivity index (χ1) is 9.67. The van der Waals surface area contributed by atoms with E-state index in [9.17, 15) is 4.79 Å². The van der Waals surface area contributed by atoms with Crippen molar-refractivity contribution in [2.45, 2.75) is 18.9 Å². The molecule has 2 atom stereocenters. The normalized spacial score (nSPS) is 21.0. The number of fused-ring (bicyclic) bond motifs is 1. The van der Waals surface area contributed by atoms with Crippen LogP contribution in [-0.2, 0) is 16.0 Å². The van der Waals surface area contributed by atoms with E-state index in [1.165, 1.54) is 7.11 Å². The van der Waals surface area contributed by atoms with Gasteiger partial charge in [0, 0.05) is 11.6 Å². The lowest BCUT2D eigenvalue weighted by atomic mass is 9.79. The number of carbonyl (C=O) groups is 1. The lowest BCUT2D eigenvalue weighted by molar-refractivity contribution is -0.147. The summed E-state index contributed by atoms with van der Waals surface area (Å²) in [4.78, 5) is 11.9. The molecule has 0 spiro atoms. The molecule has 0 saturated carbocycles. The van der Waals surface area contributed by atoms with Gasteiger partial charge in [0.2, 0.25) is 0 Å². The monoisotopic (exact) mass is 279 g/mol. The third-order valence-corrected chi connectivity index (χ3v) is 3.94. The molecule has 2 unspecified atom stereocenters. The third kappa shape index (κ3) is 2.33. The highest BCUT2D eigenvalue weighted by atomic mass is 16.5. The van der Waals surface area contributed by atoms with Crippen molar-refractivity contribution < 1.29 is 19.0 Å². The summed E-state index contributed by atoms with van der Waals surface area (Å²) >= 11 is 0. The first-order valence-corrected chi connectivity index (χ1v) is 6.66. The van der Waals surface area contributed by atoms with Gasteiger partial charge in [0.15, 0.2) is 11.5 Å². The van der Waals surface area contributed by atoms with Gasteiger partial charge in [-0.25, -0.2) is 0 Å². The molecule has 1 aromatic carbocycles. The second-order valence-electron chi connectivity index (χ2n) is 4.80. The Morgan fingerprint density at radius 1 is 1.25 bits per heavy atom. The lowest BCUT2D eigenvalue weighted by Crippen LogP contribution is -2.35. The van der Waals surface area contributed by atoms with Crippen molar-refractivity contribution in [1.82, 2.24) is 5.32 Å². The van der Waals surface area contributed by atoms with Gasteiger partial charge < -0.3 is 19.5 Å². The number of rotatable bonds is 4. The number of esters is 1. The lowest BCUT2D eigenvalue weighted by Gasteiger charge is -2.32. The molecule has 1 N–H and O–H groups in total. The summed E-state index contributed by atoms with van der Waals surface area (Å²) in [6.45, 7) is 0. The van der Waals surface area contributed by atoms with Crippen LogP contribution in [0.25, 0.3) is 0 Å². The molecule has 0 heterocycles. The maximum Gasteiger partial charge on any atom is 0.310 e. The van der Waals surface area contributed by atoms with Crippen molar-refractivity contribution in [2.24, 2.45) is 5.92 Å². The first-order valence-electron chi connectivity index (χ1n) is 6.66. The Bertz CT molecular complexity index is 501. The van der Waals surface area contributed by atoms with Crippen LogP contribution in [0.15, 0.2) is 12.1 Å². The van der Waals surface area contributed by atoms with Crippen LogP contribution in [-0.4, -0.2) is 34.3 Å². The Morgan fingerprint density at radius 3 is 2.55 bits per heavy atom. The molecular formula is C15H21NO4. The second kappa shape index (κ2) is 6.13. The standard InChI is InChI=1S/C15H21NO4/c1-16-13-9-7-8-12(18-2)14(19-3)10(9)5-6-11(13)15(17)20-4/h7-8,11,13,16H,5-6H2,1-4H3. The summed E-state index contributed by atoms with van der Waals surface area (Å²) in [5, 5.41) is 3.22. The fourth-order valence-corrected chi connectivity index (χ4v) is 3.00. The average Bonchev–Trinajstić information content (AvgIpc) is 2.51. The molecule has 0 aliphatic heterocycles.